The molecule has 1 aliphatic heterocycles. The van der Waals surface area contributed by atoms with Gasteiger partial charge in [0, 0.05) is 24.8 Å². The van der Waals surface area contributed by atoms with Crippen molar-refractivity contribution in [1.29, 1.82) is 0 Å². The number of fused-ring (bicyclic) bond motifs is 1. The number of aliphatic imine (C=N–C) groups is 1. The van der Waals surface area contributed by atoms with E-state index >= 15 is 0 Å². The van der Waals surface area contributed by atoms with E-state index in [0.29, 0.717) is 23.7 Å². The number of hydrogen-bond acceptors (Lipinski definition) is 4. The summed E-state index contributed by atoms with van der Waals surface area (Å²) in [5.41, 5.74) is 1.24. The van der Waals surface area contributed by atoms with Crippen LogP contribution in [0.2, 0.25) is 0 Å². The maximum absolute atomic E-state index is 11.0. The fraction of sp³-hybridized carbons (Fsp3) is 0.353. The Kier molecular flexibility index (Phi) is 5.30. The van der Waals surface area contributed by atoms with Gasteiger partial charge >= 0.3 is 6.80 Å². The molecule has 5 nitrogen and oxygen atoms in total. The lowest BCUT2D eigenvalue weighted by Crippen LogP contribution is -2.33. The van der Waals surface area contributed by atoms with Crippen LogP contribution in [-0.4, -0.2) is 45.9 Å². The van der Waals surface area contributed by atoms with Gasteiger partial charge in [-0.1, -0.05) is 49.4 Å². The van der Waals surface area contributed by atoms with Crippen molar-refractivity contribution in [3.05, 3.63) is 48.0 Å². The molecule has 2 aromatic rings. The standard InChI is InChI=1S/C17H21N2O3PS/c1-13(15-8-4-6-14-5-2-3-7-16(14)15)17-18-9-10-19(17)11-12-24-23(20,21)22/h2-8,13H,9-12H2,1H3,(H2,20,21,22). The number of nitrogens with zero attached hydrogens (tertiary/aromatic N) is 2. The van der Waals surface area contributed by atoms with E-state index in [1.54, 1.807) is 0 Å². The molecule has 0 spiro atoms. The van der Waals surface area contributed by atoms with Crippen molar-refractivity contribution >= 4 is 34.8 Å². The van der Waals surface area contributed by atoms with E-state index in [9.17, 15) is 4.57 Å². The minimum absolute atomic E-state index is 0.152. The van der Waals surface area contributed by atoms with Crippen LogP contribution in [0.1, 0.15) is 18.4 Å². The summed E-state index contributed by atoms with van der Waals surface area (Å²) >= 11 is 0.703. The SMILES string of the molecule is CC(C1=NCCN1CCSP(=O)(O)O)c1cccc2ccccc12. The molecule has 0 saturated carbocycles. The molecule has 1 unspecified atom stereocenters. The lowest BCUT2D eigenvalue weighted by atomic mass is 9.93. The molecule has 3 rings (SSSR count). The third kappa shape index (κ3) is 4.01. The lowest BCUT2D eigenvalue weighted by molar-refractivity contribution is 0.396. The van der Waals surface area contributed by atoms with Crippen LogP contribution in [0.4, 0.5) is 0 Å². The van der Waals surface area contributed by atoms with Gasteiger partial charge < -0.3 is 14.7 Å². The summed E-state index contributed by atoms with van der Waals surface area (Å²) in [6.07, 6.45) is 0. The number of benzene rings is 2. The van der Waals surface area contributed by atoms with Crippen molar-refractivity contribution in [2.75, 3.05) is 25.4 Å². The van der Waals surface area contributed by atoms with E-state index in [0.717, 1.165) is 18.9 Å². The van der Waals surface area contributed by atoms with Gasteiger partial charge in [0.05, 0.1) is 6.54 Å². The van der Waals surface area contributed by atoms with Crippen molar-refractivity contribution in [3.8, 4) is 0 Å². The Bertz CT molecular complexity index is 800. The fourth-order valence-electron chi connectivity index (χ4n) is 3.17. The average molecular weight is 364 g/mol. The van der Waals surface area contributed by atoms with Crippen LogP contribution in [-0.2, 0) is 4.57 Å². The second kappa shape index (κ2) is 7.28. The quantitative estimate of drug-likeness (QED) is 0.768. The summed E-state index contributed by atoms with van der Waals surface area (Å²) in [5.74, 6) is 1.56. The fourth-order valence-corrected chi connectivity index (χ4v) is 4.67. The Balaban J connectivity index is 1.78. The highest BCUT2D eigenvalue weighted by Crippen LogP contribution is 2.49. The van der Waals surface area contributed by atoms with E-state index in [1.807, 2.05) is 12.1 Å². The molecule has 0 radical (unpaired) electrons. The van der Waals surface area contributed by atoms with Crippen molar-refractivity contribution in [3.63, 3.8) is 0 Å². The highest BCUT2D eigenvalue weighted by Gasteiger charge is 2.25. The predicted octanol–water partition coefficient (Wildman–Crippen LogP) is 3.48. The highest BCUT2D eigenvalue weighted by molar-refractivity contribution is 8.54. The molecule has 0 amide bonds. The molecule has 0 saturated heterocycles. The Morgan fingerprint density at radius 1 is 1.25 bits per heavy atom. The molecule has 128 valence electrons. The first-order chi connectivity index (χ1) is 11.5. The number of hydrogen-bond donors (Lipinski definition) is 2. The molecule has 1 heterocycles. The van der Waals surface area contributed by atoms with Gasteiger partial charge in [-0.3, -0.25) is 4.99 Å². The zero-order valence-corrected chi connectivity index (χ0v) is 15.2. The Hall–Kier alpha value is -1.33. The molecule has 0 bridgehead atoms. The van der Waals surface area contributed by atoms with Gasteiger partial charge in [0.2, 0.25) is 0 Å². The molecule has 2 N–H and O–H groups in total. The third-order valence-corrected chi connectivity index (χ3v) is 6.52. The number of rotatable bonds is 6. The third-order valence-electron chi connectivity index (χ3n) is 4.27. The molecule has 1 aliphatic rings. The van der Waals surface area contributed by atoms with E-state index in [2.05, 4.69) is 47.1 Å². The number of amidine groups is 1. The lowest BCUT2D eigenvalue weighted by Gasteiger charge is -2.25. The molecule has 0 aromatic heterocycles. The van der Waals surface area contributed by atoms with Crippen molar-refractivity contribution in [2.24, 2.45) is 4.99 Å². The summed E-state index contributed by atoms with van der Waals surface area (Å²) < 4.78 is 11.0. The van der Waals surface area contributed by atoms with E-state index in [4.69, 9.17) is 9.79 Å². The molecular weight excluding hydrogens is 343 g/mol. The highest BCUT2D eigenvalue weighted by atomic mass is 32.7. The first-order valence-electron chi connectivity index (χ1n) is 7.93. The van der Waals surface area contributed by atoms with Gasteiger partial charge in [-0.15, -0.1) is 0 Å². The molecule has 24 heavy (non-hydrogen) atoms. The average Bonchev–Trinajstić information content (AvgIpc) is 3.01. The largest absolute Gasteiger partial charge is 0.384 e. The monoisotopic (exact) mass is 364 g/mol. The normalized spacial score (nSPS) is 16.5. The second-order valence-corrected chi connectivity index (χ2v) is 9.69. The summed E-state index contributed by atoms with van der Waals surface area (Å²) in [4.78, 5) is 24.8. The Morgan fingerprint density at radius 2 is 2.00 bits per heavy atom. The summed E-state index contributed by atoms with van der Waals surface area (Å²) in [6, 6.07) is 14.6. The van der Waals surface area contributed by atoms with E-state index in [1.165, 1.54) is 16.3 Å². The van der Waals surface area contributed by atoms with Gasteiger partial charge in [-0.2, -0.15) is 0 Å². The predicted molar refractivity (Wildman–Crippen MR) is 101 cm³/mol. The minimum atomic E-state index is -4.01. The van der Waals surface area contributed by atoms with Crippen LogP contribution < -0.4 is 0 Å². The summed E-state index contributed by atoms with van der Waals surface area (Å²) in [7, 11) is 0. The molecule has 1 atom stereocenters. The maximum Gasteiger partial charge on any atom is 0.384 e. The summed E-state index contributed by atoms with van der Waals surface area (Å²) in [5, 5.41) is 2.44. The Labute approximate surface area is 145 Å². The maximum atomic E-state index is 11.0. The van der Waals surface area contributed by atoms with Gasteiger partial charge in [0.1, 0.15) is 5.84 Å². The molecule has 7 heteroatoms. The van der Waals surface area contributed by atoms with Crippen LogP contribution in [0.15, 0.2) is 47.5 Å². The van der Waals surface area contributed by atoms with Crippen molar-refractivity contribution < 1.29 is 14.4 Å². The van der Waals surface area contributed by atoms with Crippen LogP contribution in [0.25, 0.3) is 10.8 Å². The van der Waals surface area contributed by atoms with Crippen LogP contribution in [0, 0.1) is 0 Å². The Morgan fingerprint density at radius 3 is 2.79 bits per heavy atom. The van der Waals surface area contributed by atoms with Gasteiger partial charge in [-0.25, -0.2) is 4.57 Å². The molecule has 0 aliphatic carbocycles. The molecular formula is C17H21N2O3PS. The second-order valence-electron chi connectivity index (χ2n) is 5.84. The minimum Gasteiger partial charge on any atom is -0.357 e. The first kappa shape index (κ1) is 17.5. The van der Waals surface area contributed by atoms with Crippen LogP contribution in [0.3, 0.4) is 0 Å². The van der Waals surface area contributed by atoms with E-state index < -0.39 is 6.80 Å². The first-order valence-corrected chi connectivity index (χ1v) is 11.1. The zero-order valence-electron chi connectivity index (χ0n) is 13.5. The van der Waals surface area contributed by atoms with Gasteiger partial charge in [-0.05, 0) is 27.7 Å². The van der Waals surface area contributed by atoms with Crippen molar-refractivity contribution in [2.45, 2.75) is 12.8 Å². The topological polar surface area (TPSA) is 73.1 Å². The van der Waals surface area contributed by atoms with Crippen molar-refractivity contribution in [1.82, 2.24) is 4.90 Å². The van der Waals surface area contributed by atoms with Gasteiger partial charge in [0.15, 0.2) is 0 Å². The van der Waals surface area contributed by atoms with Gasteiger partial charge in [0.25, 0.3) is 0 Å². The van der Waals surface area contributed by atoms with Crippen LogP contribution >= 0.6 is 18.2 Å². The van der Waals surface area contributed by atoms with E-state index in [-0.39, 0.29) is 5.92 Å². The molecule has 2 aromatic carbocycles. The zero-order chi connectivity index (χ0) is 17.2. The molecule has 0 fully saturated rings. The smallest absolute Gasteiger partial charge is 0.357 e. The summed E-state index contributed by atoms with van der Waals surface area (Å²) in [6.45, 7) is 0.295. The van der Waals surface area contributed by atoms with Crippen LogP contribution in [0.5, 0.6) is 0 Å².